The normalized spacial score (nSPS) is 21.5. The number of carbonyl (C=O) groups is 1. The molecule has 0 saturated carbocycles. The molecule has 140 valence electrons. The number of hydrogen-bond donors (Lipinski definition) is 2. The van der Waals surface area contributed by atoms with E-state index in [-0.39, 0.29) is 29.2 Å². The summed E-state index contributed by atoms with van der Waals surface area (Å²) in [6.45, 7) is 8.10. The lowest BCUT2D eigenvalue weighted by Gasteiger charge is -2.36. The Hall–Kier alpha value is -2.14. The van der Waals surface area contributed by atoms with Gasteiger partial charge < -0.3 is 10.6 Å². The van der Waals surface area contributed by atoms with Gasteiger partial charge in [-0.3, -0.25) is 9.48 Å². The van der Waals surface area contributed by atoms with E-state index in [4.69, 9.17) is 0 Å². The largest absolute Gasteiger partial charge is 0.352 e. The van der Waals surface area contributed by atoms with E-state index in [1.165, 1.54) is 5.56 Å². The van der Waals surface area contributed by atoms with E-state index in [1.54, 1.807) is 4.68 Å². The average Bonchev–Trinajstić information content (AvgIpc) is 3.28. The summed E-state index contributed by atoms with van der Waals surface area (Å²) < 4.78 is 1.80. The molecule has 3 rings (SSSR count). The fourth-order valence-corrected chi connectivity index (χ4v) is 4.08. The second-order valence-electron chi connectivity index (χ2n) is 7.88. The first-order valence-electron chi connectivity index (χ1n) is 9.48. The van der Waals surface area contributed by atoms with Crippen molar-refractivity contribution in [3.8, 4) is 0 Å². The molecule has 5 heteroatoms. The van der Waals surface area contributed by atoms with Gasteiger partial charge in [-0.05, 0) is 17.5 Å². The highest BCUT2D eigenvalue weighted by molar-refractivity contribution is 5.81. The molecule has 2 aromatic rings. The van der Waals surface area contributed by atoms with Crippen LogP contribution in [0.5, 0.6) is 0 Å². The molecule has 1 fully saturated rings. The first-order valence-corrected chi connectivity index (χ1v) is 9.48. The van der Waals surface area contributed by atoms with Crippen LogP contribution in [-0.2, 0) is 17.3 Å². The fourth-order valence-electron chi connectivity index (χ4n) is 4.08. The Kier molecular flexibility index (Phi) is 5.47. The van der Waals surface area contributed by atoms with Gasteiger partial charge >= 0.3 is 0 Å². The highest BCUT2D eigenvalue weighted by atomic mass is 16.2. The average molecular weight is 354 g/mol. The van der Waals surface area contributed by atoms with Crippen molar-refractivity contribution in [1.29, 1.82) is 0 Å². The molecule has 1 amide bonds. The molecule has 2 N–H and O–H groups in total. The van der Waals surface area contributed by atoms with Crippen LogP contribution in [0.25, 0.3) is 0 Å². The Balaban J connectivity index is 1.74. The number of carbonyl (C=O) groups excluding carboxylic acids is 1. The van der Waals surface area contributed by atoms with Gasteiger partial charge in [-0.15, -0.1) is 0 Å². The standard InChI is InChI=1S/C21H30N4O/c1-5-19(21(2,3)16-9-7-6-8-10-16)24-20(26)18-13-22-12-17(18)15-11-23-25(4)14-15/h6-11,14,17-19,22H,5,12-13H2,1-4H3,(H,24,26)/t17-,18+,19?/m1/s1. The Morgan fingerprint density at radius 2 is 2.08 bits per heavy atom. The maximum atomic E-state index is 13.1. The topological polar surface area (TPSA) is 59.0 Å². The van der Waals surface area contributed by atoms with Gasteiger partial charge in [0, 0.05) is 43.7 Å². The lowest BCUT2D eigenvalue weighted by molar-refractivity contribution is -0.126. The molecule has 1 aromatic heterocycles. The number of rotatable bonds is 6. The van der Waals surface area contributed by atoms with Crippen molar-refractivity contribution in [2.45, 2.75) is 44.6 Å². The van der Waals surface area contributed by atoms with Crippen molar-refractivity contribution in [1.82, 2.24) is 20.4 Å². The van der Waals surface area contributed by atoms with Gasteiger partial charge in [-0.25, -0.2) is 0 Å². The van der Waals surface area contributed by atoms with Gasteiger partial charge in [-0.2, -0.15) is 5.10 Å². The molecule has 0 spiro atoms. The number of aryl methyl sites for hydroxylation is 1. The molecule has 1 aliphatic heterocycles. The molecule has 0 aliphatic carbocycles. The second kappa shape index (κ2) is 7.62. The molecule has 1 unspecified atom stereocenters. The van der Waals surface area contributed by atoms with Gasteiger partial charge in [0.25, 0.3) is 0 Å². The molecule has 26 heavy (non-hydrogen) atoms. The summed E-state index contributed by atoms with van der Waals surface area (Å²) in [5.74, 6) is 0.264. The van der Waals surface area contributed by atoms with Crippen molar-refractivity contribution >= 4 is 5.91 Å². The molecular formula is C21H30N4O. The van der Waals surface area contributed by atoms with Crippen LogP contribution >= 0.6 is 0 Å². The lowest BCUT2D eigenvalue weighted by Crippen LogP contribution is -2.49. The Morgan fingerprint density at radius 1 is 1.35 bits per heavy atom. The summed E-state index contributed by atoms with van der Waals surface area (Å²) in [7, 11) is 1.91. The third kappa shape index (κ3) is 3.68. The predicted octanol–water partition coefficient (Wildman–Crippen LogP) is 2.60. The monoisotopic (exact) mass is 354 g/mol. The van der Waals surface area contributed by atoms with E-state index in [0.717, 1.165) is 18.5 Å². The van der Waals surface area contributed by atoms with Crippen molar-refractivity contribution in [3.63, 3.8) is 0 Å². The minimum atomic E-state index is -0.124. The summed E-state index contributed by atoms with van der Waals surface area (Å²) in [5, 5.41) is 11.0. The van der Waals surface area contributed by atoms with Crippen molar-refractivity contribution < 1.29 is 4.79 Å². The molecule has 2 heterocycles. The number of amides is 1. The van der Waals surface area contributed by atoms with Crippen molar-refractivity contribution in [3.05, 3.63) is 53.9 Å². The summed E-state index contributed by atoms with van der Waals surface area (Å²) >= 11 is 0. The minimum absolute atomic E-state index is 0.0557. The second-order valence-corrected chi connectivity index (χ2v) is 7.88. The number of aromatic nitrogens is 2. The van der Waals surface area contributed by atoms with Crippen LogP contribution in [-0.4, -0.2) is 34.8 Å². The summed E-state index contributed by atoms with van der Waals surface area (Å²) in [6, 6.07) is 10.5. The van der Waals surface area contributed by atoms with Gasteiger partial charge in [0.2, 0.25) is 5.91 Å². The summed E-state index contributed by atoms with van der Waals surface area (Å²) in [6.07, 6.45) is 4.79. The molecule has 0 bridgehead atoms. The molecular weight excluding hydrogens is 324 g/mol. The summed E-state index contributed by atoms with van der Waals surface area (Å²) in [4.78, 5) is 13.1. The highest BCUT2D eigenvalue weighted by Gasteiger charge is 2.38. The van der Waals surface area contributed by atoms with E-state index >= 15 is 0 Å². The minimum Gasteiger partial charge on any atom is -0.352 e. The molecule has 1 aliphatic rings. The van der Waals surface area contributed by atoms with E-state index in [1.807, 2.05) is 25.5 Å². The van der Waals surface area contributed by atoms with Crippen molar-refractivity contribution in [2.24, 2.45) is 13.0 Å². The Bertz CT molecular complexity index is 737. The van der Waals surface area contributed by atoms with Crippen LogP contribution in [0.4, 0.5) is 0 Å². The van der Waals surface area contributed by atoms with Crippen LogP contribution < -0.4 is 10.6 Å². The van der Waals surface area contributed by atoms with Crippen LogP contribution in [0.2, 0.25) is 0 Å². The number of hydrogen-bond acceptors (Lipinski definition) is 3. The van der Waals surface area contributed by atoms with Crippen LogP contribution in [0.3, 0.4) is 0 Å². The van der Waals surface area contributed by atoms with E-state index in [0.29, 0.717) is 6.54 Å². The smallest absolute Gasteiger partial charge is 0.225 e. The predicted molar refractivity (Wildman–Crippen MR) is 104 cm³/mol. The van der Waals surface area contributed by atoms with Crippen LogP contribution in [0.1, 0.15) is 44.2 Å². The highest BCUT2D eigenvalue weighted by Crippen LogP contribution is 2.31. The Morgan fingerprint density at radius 3 is 2.69 bits per heavy atom. The first kappa shape index (κ1) is 18.6. The quantitative estimate of drug-likeness (QED) is 0.838. The molecule has 0 radical (unpaired) electrons. The van der Waals surface area contributed by atoms with E-state index < -0.39 is 0 Å². The molecule has 1 saturated heterocycles. The third-order valence-electron chi connectivity index (χ3n) is 5.82. The SMILES string of the molecule is CCC(NC(=O)[C@H]1CNC[C@@H]1c1cnn(C)c1)C(C)(C)c1ccccc1. The van der Waals surface area contributed by atoms with Gasteiger partial charge in [0.1, 0.15) is 0 Å². The maximum absolute atomic E-state index is 13.1. The first-order chi connectivity index (χ1) is 12.4. The fraction of sp³-hybridized carbons (Fsp3) is 0.524. The van der Waals surface area contributed by atoms with Gasteiger partial charge in [-0.1, -0.05) is 51.1 Å². The number of nitrogens with one attached hydrogen (secondary N) is 2. The Labute approximate surface area is 156 Å². The molecule has 5 nitrogen and oxygen atoms in total. The zero-order valence-corrected chi connectivity index (χ0v) is 16.2. The third-order valence-corrected chi connectivity index (χ3v) is 5.82. The van der Waals surface area contributed by atoms with E-state index in [9.17, 15) is 4.79 Å². The zero-order chi connectivity index (χ0) is 18.7. The van der Waals surface area contributed by atoms with E-state index in [2.05, 4.69) is 60.8 Å². The molecule has 1 aromatic carbocycles. The van der Waals surface area contributed by atoms with Crippen molar-refractivity contribution in [2.75, 3.05) is 13.1 Å². The maximum Gasteiger partial charge on any atom is 0.225 e. The van der Waals surface area contributed by atoms with Crippen LogP contribution in [0, 0.1) is 5.92 Å². The van der Waals surface area contributed by atoms with Gasteiger partial charge in [0.15, 0.2) is 0 Å². The lowest BCUT2D eigenvalue weighted by atomic mass is 9.76. The van der Waals surface area contributed by atoms with Gasteiger partial charge in [0.05, 0.1) is 12.1 Å². The number of nitrogens with zero attached hydrogens (tertiary/aromatic N) is 2. The van der Waals surface area contributed by atoms with Crippen LogP contribution in [0.15, 0.2) is 42.7 Å². The summed E-state index contributed by atoms with van der Waals surface area (Å²) in [5.41, 5.74) is 2.26. The number of benzene rings is 1. The molecule has 3 atom stereocenters. The zero-order valence-electron chi connectivity index (χ0n) is 16.2.